The number of hydrogen-bond acceptors (Lipinski definition) is 6. The Hall–Kier alpha value is -1.51. The minimum absolute atomic E-state index is 0.0429. The van der Waals surface area contributed by atoms with Gasteiger partial charge in [0.05, 0.1) is 0 Å². The summed E-state index contributed by atoms with van der Waals surface area (Å²) in [5, 5.41) is 2.48. The highest BCUT2D eigenvalue weighted by Gasteiger charge is 2.25. The Morgan fingerprint density at radius 1 is 1.35 bits per heavy atom. The zero-order valence-corrected chi connectivity index (χ0v) is 12.2. The SMILES string of the molecule is COCC(=O)N1CCN(C(=O)c2csc(CN)n2)CC1. The number of thiazole rings is 1. The molecule has 2 amide bonds. The van der Waals surface area contributed by atoms with Gasteiger partial charge in [0.25, 0.3) is 5.91 Å². The van der Waals surface area contributed by atoms with Gasteiger partial charge < -0.3 is 20.3 Å². The van der Waals surface area contributed by atoms with Crippen molar-refractivity contribution in [2.24, 2.45) is 5.73 Å². The van der Waals surface area contributed by atoms with Crippen molar-refractivity contribution in [3.05, 3.63) is 16.1 Å². The third-order valence-electron chi connectivity index (χ3n) is 3.13. The Morgan fingerprint density at radius 3 is 2.55 bits per heavy atom. The molecule has 110 valence electrons. The van der Waals surface area contributed by atoms with Crippen LogP contribution in [-0.2, 0) is 16.1 Å². The summed E-state index contributed by atoms with van der Waals surface area (Å²) in [6.45, 7) is 2.52. The maximum atomic E-state index is 12.2. The lowest BCUT2D eigenvalue weighted by molar-refractivity contribution is -0.136. The summed E-state index contributed by atoms with van der Waals surface area (Å²) in [6, 6.07) is 0. The third-order valence-corrected chi connectivity index (χ3v) is 4.00. The molecule has 0 unspecified atom stereocenters. The van der Waals surface area contributed by atoms with E-state index in [0.717, 1.165) is 5.01 Å². The Labute approximate surface area is 121 Å². The van der Waals surface area contributed by atoms with E-state index >= 15 is 0 Å². The number of rotatable bonds is 4. The van der Waals surface area contributed by atoms with Crippen molar-refractivity contribution in [2.75, 3.05) is 39.9 Å². The quantitative estimate of drug-likeness (QED) is 0.812. The topological polar surface area (TPSA) is 88.8 Å². The molecule has 1 saturated heterocycles. The van der Waals surface area contributed by atoms with Crippen LogP contribution in [0.1, 0.15) is 15.5 Å². The lowest BCUT2D eigenvalue weighted by atomic mass is 10.3. The highest BCUT2D eigenvalue weighted by Crippen LogP contribution is 2.13. The molecule has 1 fully saturated rings. The van der Waals surface area contributed by atoms with Gasteiger partial charge in [-0.1, -0.05) is 0 Å². The number of piperazine rings is 1. The van der Waals surface area contributed by atoms with E-state index < -0.39 is 0 Å². The van der Waals surface area contributed by atoms with Gasteiger partial charge in [-0.15, -0.1) is 11.3 Å². The van der Waals surface area contributed by atoms with Gasteiger partial charge in [0.15, 0.2) is 0 Å². The maximum Gasteiger partial charge on any atom is 0.273 e. The van der Waals surface area contributed by atoms with Crippen molar-refractivity contribution < 1.29 is 14.3 Å². The first-order valence-corrected chi connectivity index (χ1v) is 7.24. The van der Waals surface area contributed by atoms with E-state index in [2.05, 4.69) is 4.98 Å². The zero-order chi connectivity index (χ0) is 14.5. The molecule has 0 aromatic carbocycles. The van der Waals surface area contributed by atoms with Crippen molar-refractivity contribution in [1.29, 1.82) is 0 Å². The number of ether oxygens (including phenoxy) is 1. The van der Waals surface area contributed by atoms with E-state index in [9.17, 15) is 9.59 Å². The number of hydrogen-bond donors (Lipinski definition) is 1. The molecular weight excluding hydrogens is 280 g/mol. The lowest BCUT2D eigenvalue weighted by Gasteiger charge is -2.34. The van der Waals surface area contributed by atoms with Gasteiger partial charge in [-0.2, -0.15) is 0 Å². The van der Waals surface area contributed by atoms with E-state index in [4.69, 9.17) is 10.5 Å². The van der Waals surface area contributed by atoms with Crippen LogP contribution in [0.2, 0.25) is 0 Å². The summed E-state index contributed by atoms with van der Waals surface area (Å²) in [5.41, 5.74) is 5.93. The second-order valence-corrected chi connectivity index (χ2v) is 5.38. The predicted molar refractivity (Wildman–Crippen MR) is 74.4 cm³/mol. The van der Waals surface area contributed by atoms with Gasteiger partial charge in [-0.05, 0) is 0 Å². The summed E-state index contributed by atoms with van der Waals surface area (Å²) >= 11 is 1.39. The normalized spacial score (nSPS) is 15.5. The van der Waals surface area contributed by atoms with Crippen molar-refractivity contribution in [3.8, 4) is 0 Å². The molecule has 2 heterocycles. The Bertz CT molecular complexity index is 483. The van der Waals surface area contributed by atoms with Crippen LogP contribution in [0.15, 0.2) is 5.38 Å². The van der Waals surface area contributed by atoms with E-state index in [1.807, 2.05) is 0 Å². The first-order valence-electron chi connectivity index (χ1n) is 6.36. The van der Waals surface area contributed by atoms with Crippen LogP contribution in [-0.4, -0.2) is 66.5 Å². The van der Waals surface area contributed by atoms with Gasteiger partial charge in [-0.3, -0.25) is 9.59 Å². The van der Waals surface area contributed by atoms with Crippen LogP contribution in [0.5, 0.6) is 0 Å². The van der Waals surface area contributed by atoms with Crippen LogP contribution >= 0.6 is 11.3 Å². The van der Waals surface area contributed by atoms with Crippen LogP contribution in [0.4, 0.5) is 0 Å². The Balaban J connectivity index is 1.90. The molecular formula is C12H18N4O3S. The fourth-order valence-electron chi connectivity index (χ4n) is 2.04. The molecule has 7 nitrogen and oxygen atoms in total. The van der Waals surface area contributed by atoms with E-state index in [-0.39, 0.29) is 18.4 Å². The number of aromatic nitrogens is 1. The molecule has 2 rings (SSSR count). The van der Waals surface area contributed by atoms with Crippen LogP contribution in [0.3, 0.4) is 0 Å². The maximum absolute atomic E-state index is 12.2. The van der Waals surface area contributed by atoms with Crippen molar-refractivity contribution in [1.82, 2.24) is 14.8 Å². The summed E-state index contributed by atoms with van der Waals surface area (Å²) in [5.74, 6) is -0.140. The zero-order valence-electron chi connectivity index (χ0n) is 11.4. The van der Waals surface area contributed by atoms with Crippen LogP contribution in [0.25, 0.3) is 0 Å². The minimum atomic E-state index is -0.0974. The van der Waals surface area contributed by atoms with E-state index in [1.165, 1.54) is 18.4 Å². The summed E-state index contributed by atoms with van der Waals surface area (Å²) < 4.78 is 4.82. The molecule has 1 aliphatic rings. The van der Waals surface area contributed by atoms with Gasteiger partial charge >= 0.3 is 0 Å². The molecule has 0 saturated carbocycles. The van der Waals surface area contributed by atoms with Crippen molar-refractivity contribution in [3.63, 3.8) is 0 Å². The number of nitrogens with zero attached hydrogens (tertiary/aromatic N) is 3. The molecule has 20 heavy (non-hydrogen) atoms. The molecule has 0 radical (unpaired) electrons. The highest BCUT2D eigenvalue weighted by atomic mass is 32.1. The molecule has 0 spiro atoms. The molecule has 1 aromatic heterocycles. The predicted octanol–water partition coefficient (Wildman–Crippen LogP) is -0.467. The molecule has 1 aromatic rings. The highest BCUT2D eigenvalue weighted by molar-refractivity contribution is 7.09. The van der Waals surface area contributed by atoms with Gasteiger partial charge in [0.1, 0.15) is 17.3 Å². The first kappa shape index (κ1) is 14.9. The monoisotopic (exact) mass is 298 g/mol. The van der Waals surface area contributed by atoms with Gasteiger partial charge in [-0.25, -0.2) is 4.98 Å². The van der Waals surface area contributed by atoms with E-state index in [1.54, 1.807) is 15.2 Å². The number of carbonyl (C=O) groups excluding carboxylic acids is 2. The summed E-state index contributed by atoms with van der Waals surface area (Å²) in [7, 11) is 1.49. The first-order chi connectivity index (χ1) is 9.65. The average Bonchev–Trinajstić information content (AvgIpc) is 2.96. The smallest absolute Gasteiger partial charge is 0.273 e. The second kappa shape index (κ2) is 6.78. The molecule has 1 aliphatic heterocycles. The van der Waals surface area contributed by atoms with Gasteiger partial charge in [0.2, 0.25) is 5.91 Å². The Morgan fingerprint density at radius 2 is 2.00 bits per heavy atom. The molecule has 0 atom stereocenters. The fraction of sp³-hybridized carbons (Fsp3) is 0.583. The summed E-state index contributed by atoms with van der Waals surface area (Å²) in [4.78, 5) is 31.5. The van der Waals surface area contributed by atoms with Crippen molar-refractivity contribution >= 4 is 23.2 Å². The second-order valence-electron chi connectivity index (χ2n) is 4.44. The minimum Gasteiger partial charge on any atom is -0.375 e. The van der Waals surface area contributed by atoms with Crippen molar-refractivity contribution in [2.45, 2.75) is 6.54 Å². The lowest BCUT2D eigenvalue weighted by Crippen LogP contribution is -2.51. The molecule has 0 bridgehead atoms. The largest absolute Gasteiger partial charge is 0.375 e. The van der Waals surface area contributed by atoms with Crippen LogP contribution < -0.4 is 5.73 Å². The molecule has 8 heteroatoms. The molecule has 2 N–H and O–H groups in total. The van der Waals surface area contributed by atoms with E-state index in [0.29, 0.717) is 38.4 Å². The number of nitrogens with two attached hydrogens (primary N) is 1. The fourth-order valence-corrected chi connectivity index (χ4v) is 2.69. The average molecular weight is 298 g/mol. The number of methoxy groups -OCH3 is 1. The number of amides is 2. The standard InChI is InChI=1S/C12H18N4O3S/c1-19-7-11(17)15-2-4-16(5-3-15)12(18)9-8-20-10(6-13)14-9/h8H,2-7,13H2,1H3. The van der Waals surface area contributed by atoms with Gasteiger partial charge in [0, 0.05) is 45.2 Å². The summed E-state index contributed by atoms with van der Waals surface area (Å²) in [6.07, 6.45) is 0. The van der Waals surface area contributed by atoms with Crippen LogP contribution in [0, 0.1) is 0 Å². The Kier molecular flexibility index (Phi) is 5.05. The number of carbonyl (C=O) groups is 2. The molecule has 0 aliphatic carbocycles. The third kappa shape index (κ3) is 3.33.